The van der Waals surface area contributed by atoms with Crippen LogP contribution in [0, 0.1) is 11.7 Å². The van der Waals surface area contributed by atoms with E-state index in [9.17, 15) is 4.39 Å². The van der Waals surface area contributed by atoms with Crippen molar-refractivity contribution in [3.8, 4) is 0 Å². The van der Waals surface area contributed by atoms with Crippen LogP contribution in [-0.4, -0.2) is 29.7 Å². The maximum absolute atomic E-state index is 13.3. The Labute approximate surface area is 106 Å². The van der Waals surface area contributed by atoms with E-state index in [4.69, 9.17) is 16.7 Å². The molecule has 1 unspecified atom stereocenters. The first-order chi connectivity index (χ1) is 8.19. The molecule has 0 aromatic heterocycles. The molecule has 4 heteroatoms. The Morgan fingerprint density at radius 1 is 1.47 bits per heavy atom. The van der Waals surface area contributed by atoms with Crippen molar-refractivity contribution < 1.29 is 9.50 Å². The number of nitrogens with zero attached hydrogens (tertiary/aromatic N) is 1. The van der Waals surface area contributed by atoms with Gasteiger partial charge >= 0.3 is 0 Å². The summed E-state index contributed by atoms with van der Waals surface area (Å²) in [6.45, 7) is 2.87. The van der Waals surface area contributed by atoms with Gasteiger partial charge in [-0.3, -0.25) is 4.90 Å². The third-order valence-electron chi connectivity index (χ3n) is 3.25. The highest BCUT2D eigenvalue weighted by molar-refractivity contribution is 6.30. The van der Waals surface area contributed by atoms with Gasteiger partial charge in [-0.25, -0.2) is 4.39 Å². The van der Waals surface area contributed by atoms with Gasteiger partial charge in [-0.2, -0.15) is 0 Å². The number of aliphatic hydroxyl groups excluding tert-OH is 1. The number of hydrogen-bond acceptors (Lipinski definition) is 2. The molecule has 1 saturated heterocycles. The average Bonchev–Trinajstić information content (AvgIpc) is 2.34. The summed E-state index contributed by atoms with van der Waals surface area (Å²) < 4.78 is 13.3. The predicted molar refractivity (Wildman–Crippen MR) is 66.5 cm³/mol. The normalized spacial score (nSPS) is 21.7. The molecular weight excluding hydrogens is 241 g/mol. The molecule has 1 N–H and O–H groups in total. The average molecular weight is 258 g/mol. The van der Waals surface area contributed by atoms with E-state index in [0.717, 1.165) is 38.0 Å². The summed E-state index contributed by atoms with van der Waals surface area (Å²) in [6, 6.07) is 4.94. The molecule has 1 aliphatic heterocycles. The van der Waals surface area contributed by atoms with Gasteiger partial charge in [0.2, 0.25) is 0 Å². The van der Waals surface area contributed by atoms with E-state index in [2.05, 4.69) is 4.90 Å². The summed E-state index contributed by atoms with van der Waals surface area (Å²) >= 11 is 5.65. The van der Waals surface area contributed by atoms with Gasteiger partial charge in [0.1, 0.15) is 5.82 Å². The van der Waals surface area contributed by atoms with E-state index in [1.54, 1.807) is 6.07 Å². The van der Waals surface area contributed by atoms with E-state index < -0.39 is 0 Å². The quantitative estimate of drug-likeness (QED) is 0.900. The molecule has 1 heterocycles. The van der Waals surface area contributed by atoms with Crippen LogP contribution < -0.4 is 0 Å². The lowest BCUT2D eigenvalue weighted by atomic mass is 9.98. The molecule has 0 radical (unpaired) electrons. The van der Waals surface area contributed by atoms with Crippen LogP contribution in [0.15, 0.2) is 18.2 Å². The zero-order valence-electron chi connectivity index (χ0n) is 9.70. The Bertz CT molecular complexity index is 386. The molecule has 0 spiro atoms. The summed E-state index contributed by atoms with van der Waals surface area (Å²) in [5.41, 5.74) is 0.936. The fraction of sp³-hybridized carbons (Fsp3) is 0.538. The van der Waals surface area contributed by atoms with Gasteiger partial charge in [0.25, 0.3) is 0 Å². The molecule has 0 amide bonds. The zero-order chi connectivity index (χ0) is 12.3. The Kier molecular flexibility index (Phi) is 4.37. The summed E-state index contributed by atoms with van der Waals surface area (Å²) in [7, 11) is 0. The Balaban J connectivity index is 1.97. The SMILES string of the molecule is OCC1CCCN(Cc2ccc(Cl)c(F)c2)C1. The summed E-state index contributed by atoms with van der Waals surface area (Å²) in [6.07, 6.45) is 2.18. The van der Waals surface area contributed by atoms with Gasteiger partial charge in [-0.1, -0.05) is 17.7 Å². The van der Waals surface area contributed by atoms with Crippen LogP contribution in [0.5, 0.6) is 0 Å². The van der Waals surface area contributed by atoms with Crippen molar-refractivity contribution in [3.63, 3.8) is 0 Å². The number of likely N-dealkylation sites (tertiary alicyclic amines) is 1. The van der Waals surface area contributed by atoms with Crippen molar-refractivity contribution in [2.45, 2.75) is 19.4 Å². The van der Waals surface area contributed by atoms with Crippen molar-refractivity contribution >= 4 is 11.6 Å². The molecular formula is C13H17ClFNO. The molecule has 1 aliphatic rings. The Morgan fingerprint density at radius 2 is 2.29 bits per heavy atom. The molecule has 94 valence electrons. The first kappa shape index (κ1) is 12.8. The van der Waals surface area contributed by atoms with Crippen LogP contribution in [0.25, 0.3) is 0 Å². The van der Waals surface area contributed by atoms with Gasteiger partial charge in [-0.15, -0.1) is 0 Å². The van der Waals surface area contributed by atoms with E-state index in [-0.39, 0.29) is 17.4 Å². The predicted octanol–water partition coefficient (Wildman–Crippen LogP) is 2.68. The van der Waals surface area contributed by atoms with Crippen LogP contribution in [0.4, 0.5) is 4.39 Å². The van der Waals surface area contributed by atoms with Gasteiger partial charge in [-0.05, 0) is 43.0 Å². The van der Waals surface area contributed by atoms with Gasteiger partial charge < -0.3 is 5.11 Å². The van der Waals surface area contributed by atoms with Crippen molar-refractivity contribution in [3.05, 3.63) is 34.6 Å². The molecule has 1 atom stereocenters. The third kappa shape index (κ3) is 3.41. The Morgan fingerprint density at radius 3 is 3.00 bits per heavy atom. The van der Waals surface area contributed by atoms with Crippen molar-refractivity contribution in [2.24, 2.45) is 5.92 Å². The molecule has 1 aromatic carbocycles. The molecule has 1 aromatic rings. The highest BCUT2D eigenvalue weighted by Crippen LogP contribution is 2.20. The van der Waals surface area contributed by atoms with Gasteiger partial charge in [0.05, 0.1) is 5.02 Å². The number of hydrogen-bond donors (Lipinski definition) is 1. The topological polar surface area (TPSA) is 23.5 Å². The minimum Gasteiger partial charge on any atom is -0.396 e. The fourth-order valence-electron chi connectivity index (χ4n) is 2.34. The highest BCUT2D eigenvalue weighted by Gasteiger charge is 2.19. The minimum absolute atomic E-state index is 0.167. The maximum Gasteiger partial charge on any atom is 0.142 e. The van der Waals surface area contributed by atoms with E-state index >= 15 is 0 Å². The molecule has 0 aliphatic carbocycles. The van der Waals surface area contributed by atoms with Crippen molar-refractivity contribution in [1.82, 2.24) is 4.90 Å². The standard InChI is InChI=1S/C13H17ClFNO/c14-12-4-3-10(6-13(12)15)7-16-5-1-2-11(8-16)9-17/h3-4,6,11,17H,1-2,5,7-9H2. The maximum atomic E-state index is 13.3. The highest BCUT2D eigenvalue weighted by atomic mass is 35.5. The van der Waals surface area contributed by atoms with Gasteiger partial charge in [0, 0.05) is 19.7 Å². The Hall–Kier alpha value is -0.640. The summed E-state index contributed by atoms with van der Waals surface area (Å²) in [5, 5.41) is 9.32. The second-order valence-corrected chi connectivity index (χ2v) is 5.08. The van der Waals surface area contributed by atoms with Crippen molar-refractivity contribution in [2.75, 3.05) is 19.7 Å². The number of benzene rings is 1. The number of aliphatic hydroxyl groups is 1. The van der Waals surface area contributed by atoms with Crippen molar-refractivity contribution in [1.29, 1.82) is 0 Å². The first-order valence-electron chi connectivity index (χ1n) is 5.96. The van der Waals surface area contributed by atoms with E-state index in [1.165, 1.54) is 6.07 Å². The summed E-state index contributed by atoms with van der Waals surface area (Å²) in [5.74, 6) is 0.000724. The lowest BCUT2D eigenvalue weighted by Gasteiger charge is -2.31. The largest absolute Gasteiger partial charge is 0.396 e. The molecule has 2 nitrogen and oxygen atoms in total. The third-order valence-corrected chi connectivity index (χ3v) is 3.56. The molecule has 0 saturated carbocycles. The van der Waals surface area contributed by atoms with Crippen LogP contribution >= 0.6 is 11.6 Å². The lowest BCUT2D eigenvalue weighted by Crippen LogP contribution is -2.36. The second kappa shape index (κ2) is 5.80. The molecule has 0 bridgehead atoms. The molecule has 1 fully saturated rings. The second-order valence-electron chi connectivity index (χ2n) is 4.67. The van der Waals surface area contributed by atoms with Crippen LogP contribution in [0.1, 0.15) is 18.4 Å². The molecule has 17 heavy (non-hydrogen) atoms. The van der Waals surface area contributed by atoms with Crippen LogP contribution in [0.3, 0.4) is 0 Å². The monoisotopic (exact) mass is 257 g/mol. The molecule has 2 rings (SSSR count). The summed E-state index contributed by atoms with van der Waals surface area (Å²) in [4.78, 5) is 2.26. The van der Waals surface area contributed by atoms with E-state index in [1.807, 2.05) is 6.07 Å². The smallest absolute Gasteiger partial charge is 0.142 e. The van der Waals surface area contributed by atoms with Crippen LogP contribution in [-0.2, 0) is 6.54 Å². The van der Waals surface area contributed by atoms with E-state index in [0.29, 0.717) is 5.92 Å². The van der Waals surface area contributed by atoms with Gasteiger partial charge in [0.15, 0.2) is 0 Å². The van der Waals surface area contributed by atoms with Crippen LogP contribution in [0.2, 0.25) is 5.02 Å². The fourth-order valence-corrected chi connectivity index (χ4v) is 2.46. The number of piperidine rings is 1. The lowest BCUT2D eigenvalue weighted by molar-refractivity contribution is 0.116. The number of halogens is 2. The number of rotatable bonds is 3. The zero-order valence-corrected chi connectivity index (χ0v) is 10.5. The minimum atomic E-state index is -0.361. The first-order valence-corrected chi connectivity index (χ1v) is 6.34.